The Labute approximate surface area is 130 Å². The molecule has 1 aliphatic heterocycles. The third-order valence-corrected chi connectivity index (χ3v) is 3.84. The maximum absolute atomic E-state index is 12.6. The van der Waals surface area contributed by atoms with Crippen molar-refractivity contribution in [1.82, 2.24) is 0 Å². The van der Waals surface area contributed by atoms with E-state index in [1.165, 1.54) is 0 Å². The summed E-state index contributed by atoms with van der Waals surface area (Å²) in [5.74, 6) is -0.0601. The molecule has 0 aliphatic carbocycles. The van der Waals surface area contributed by atoms with Gasteiger partial charge in [0, 0.05) is 30.6 Å². The van der Waals surface area contributed by atoms with Gasteiger partial charge in [-0.05, 0) is 48.2 Å². The summed E-state index contributed by atoms with van der Waals surface area (Å²) >= 11 is 0. The fourth-order valence-electron chi connectivity index (χ4n) is 2.83. The van der Waals surface area contributed by atoms with Gasteiger partial charge in [-0.25, -0.2) is 0 Å². The van der Waals surface area contributed by atoms with Crippen molar-refractivity contribution in [3.05, 3.63) is 59.2 Å². The molecular formula is C18H20N2O2. The molecule has 2 aromatic carbocycles. The number of anilines is 2. The molecule has 22 heavy (non-hydrogen) atoms. The molecule has 114 valence electrons. The van der Waals surface area contributed by atoms with Crippen molar-refractivity contribution in [3.63, 3.8) is 0 Å². The van der Waals surface area contributed by atoms with Gasteiger partial charge in [-0.15, -0.1) is 0 Å². The molecular weight excluding hydrogens is 276 g/mol. The fourth-order valence-corrected chi connectivity index (χ4v) is 2.83. The highest BCUT2D eigenvalue weighted by atomic mass is 16.5. The van der Waals surface area contributed by atoms with Gasteiger partial charge in [-0.3, -0.25) is 4.79 Å². The first kappa shape index (κ1) is 14.6. The molecule has 1 amide bonds. The Morgan fingerprint density at radius 2 is 2.14 bits per heavy atom. The predicted octanol–water partition coefficient (Wildman–Crippen LogP) is 3.44. The number of carbonyl (C=O) groups is 1. The molecule has 0 saturated carbocycles. The van der Waals surface area contributed by atoms with Crippen molar-refractivity contribution in [1.29, 1.82) is 0 Å². The highest BCUT2D eigenvalue weighted by Crippen LogP contribution is 2.26. The topological polar surface area (TPSA) is 50.4 Å². The number of fused-ring (bicyclic) bond motifs is 1. The number of hydrogen-bond acceptors (Lipinski definition) is 3. The maximum atomic E-state index is 12.6. The van der Waals surface area contributed by atoms with Crippen LogP contribution >= 0.6 is 0 Å². The first-order chi connectivity index (χ1) is 10.8. The van der Waals surface area contributed by atoms with Crippen molar-refractivity contribution in [2.75, 3.05) is 24.3 Å². The molecule has 0 spiro atoms. The summed E-state index contributed by atoms with van der Waals surface area (Å²) in [6, 6.07) is 13.6. The monoisotopic (exact) mass is 296 g/mol. The molecule has 0 aromatic heterocycles. The smallest absolute Gasteiger partial charge is 0.256 e. The first-order valence-corrected chi connectivity index (χ1v) is 7.53. The molecule has 0 fully saturated rings. The largest absolute Gasteiger partial charge is 0.385 e. The number of nitrogens with one attached hydrogen (secondary N) is 2. The highest BCUT2D eigenvalue weighted by molar-refractivity contribution is 6.06. The molecule has 0 radical (unpaired) electrons. The van der Waals surface area contributed by atoms with Gasteiger partial charge in [0.05, 0.1) is 6.61 Å². The van der Waals surface area contributed by atoms with Crippen LogP contribution in [0.4, 0.5) is 11.4 Å². The minimum Gasteiger partial charge on any atom is -0.385 e. The number of carbonyl (C=O) groups excluding carboxylic acids is 1. The van der Waals surface area contributed by atoms with Crippen LogP contribution < -0.4 is 10.6 Å². The molecule has 2 aromatic rings. The molecule has 0 atom stereocenters. The lowest BCUT2D eigenvalue weighted by atomic mass is 9.97. The predicted molar refractivity (Wildman–Crippen MR) is 88.4 cm³/mol. The van der Waals surface area contributed by atoms with Crippen molar-refractivity contribution in [2.24, 2.45) is 0 Å². The summed E-state index contributed by atoms with van der Waals surface area (Å²) in [4.78, 5) is 12.6. The summed E-state index contributed by atoms with van der Waals surface area (Å²) in [6.45, 7) is 1.51. The summed E-state index contributed by atoms with van der Waals surface area (Å²) in [5.41, 5.74) is 4.77. The Hall–Kier alpha value is -2.33. The number of ether oxygens (including phenoxy) is 1. The Kier molecular flexibility index (Phi) is 4.39. The van der Waals surface area contributed by atoms with Gasteiger partial charge in [-0.1, -0.05) is 18.2 Å². The number of rotatable bonds is 4. The van der Waals surface area contributed by atoms with E-state index in [1.807, 2.05) is 42.5 Å². The van der Waals surface area contributed by atoms with E-state index in [4.69, 9.17) is 4.74 Å². The second-order valence-corrected chi connectivity index (χ2v) is 5.45. The average molecular weight is 296 g/mol. The lowest BCUT2D eigenvalue weighted by Crippen LogP contribution is -2.19. The van der Waals surface area contributed by atoms with Gasteiger partial charge in [-0.2, -0.15) is 0 Å². The van der Waals surface area contributed by atoms with Crippen LogP contribution in [0, 0.1) is 0 Å². The van der Waals surface area contributed by atoms with Crippen molar-refractivity contribution >= 4 is 17.3 Å². The number of amides is 1. The van der Waals surface area contributed by atoms with Crippen LogP contribution in [0.25, 0.3) is 0 Å². The van der Waals surface area contributed by atoms with E-state index in [-0.39, 0.29) is 5.91 Å². The summed E-state index contributed by atoms with van der Waals surface area (Å²) in [7, 11) is 1.66. The van der Waals surface area contributed by atoms with Crippen molar-refractivity contribution in [2.45, 2.75) is 19.4 Å². The molecule has 1 heterocycles. The van der Waals surface area contributed by atoms with E-state index < -0.39 is 0 Å². The SMILES string of the molecule is COCc1cccc(NC(=O)c2cccc3c2CCCN3)c1. The van der Waals surface area contributed by atoms with E-state index in [0.717, 1.165) is 47.5 Å². The zero-order chi connectivity index (χ0) is 15.4. The quantitative estimate of drug-likeness (QED) is 0.908. The Morgan fingerprint density at radius 3 is 3.00 bits per heavy atom. The summed E-state index contributed by atoms with van der Waals surface area (Å²) < 4.78 is 5.13. The van der Waals surface area contributed by atoms with Crippen LogP contribution in [-0.2, 0) is 17.8 Å². The van der Waals surface area contributed by atoms with E-state index in [1.54, 1.807) is 7.11 Å². The van der Waals surface area contributed by atoms with E-state index in [9.17, 15) is 4.79 Å². The van der Waals surface area contributed by atoms with Crippen LogP contribution in [0.5, 0.6) is 0 Å². The van der Waals surface area contributed by atoms with Gasteiger partial charge >= 0.3 is 0 Å². The lowest BCUT2D eigenvalue weighted by molar-refractivity contribution is 0.102. The number of hydrogen-bond donors (Lipinski definition) is 2. The summed E-state index contributed by atoms with van der Waals surface area (Å²) in [6.07, 6.45) is 2.00. The van der Waals surface area contributed by atoms with Crippen LogP contribution in [0.2, 0.25) is 0 Å². The van der Waals surface area contributed by atoms with E-state index in [0.29, 0.717) is 6.61 Å². The Morgan fingerprint density at radius 1 is 1.27 bits per heavy atom. The van der Waals surface area contributed by atoms with Crippen LogP contribution in [-0.4, -0.2) is 19.6 Å². The molecule has 4 nitrogen and oxygen atoms in total. The van der Waals surface area contributed by atoms with Crippen molar-refractivity contribution < 1.29 is 9.53 Å². The van der Waals surface area contributed by atoms with Crippen LogP contribution in [0.15, 0.2) is 42.5 Å². The first-order valence-electron chi connectivity index (χ1n) is 7.53. The third kappa shape index (κ3) is 3.12. The van der Waals surface area contributed by atoms with Gasteiger partial charge in [0.15, 0.2) is 0 Å². The molecule has 4 heteroatoms. The highest BCUT2D eigenvalue weighted by Gasteiger charge is 2.17. The molecule has 0 unspecified atom stereocenters. The van der Waals surface area contributed by atoms with Gasteiger partial charge in [0.2, 0.25) is 0 Å². The molecule has 2 N–H and O–H groups in total. The average Bonchev–Trinajstić information content (AvgIpc) is 2.55. The van der Waals surface area contributed by atoms with Gasteiger partial charge < -0.3 is 15.4 Å². The minimum atomic E-state index is -0.0601. The Balaban J connectivity index is 1.82. The molecule has 0 bridgehead atoms. The zero-order valence-corrected chi connectivity index (χ0v) is 12.7. The Bertz CT molecular complexity index is 683. The molecule has 1 aliphatic rings. The second kappa shape index (κ2) is 6.62. The van der Waals surface area contributed by atoms with E-state index >= 15 is 0 Å². The minimum absolute atomic E-state index is 0.0601. The zero-order valence-electron chi connectivity index (χ0n) is 12.7. The van der Waals surface area contributed by atoms with Crippen molar-refractivity contribution in [3.8, 4) is 0 Å². The van der Waals surface area contributed by atoms with Gasteiger partial charge in [0.25, 0.3) is 5.91 Å². The second-order valence-electron chi connectivity index (χ2n) is 5.45. The van der Waals surface area contributed by atoms with Crippen LogP contribution in [0.3, 0.4) is 0 Å². The van der Waals surface area contributed by atoms with E-state index in [2.05, 4.69) is 10.6 Å². The van der Waals surface area contributed by atoms with Gasteiger partial charge in [0.1, 0.15) is 0 Å². The maximum Gasteiger partial charge on any atom is 0.256 e. The normalized spacial score (nSPS) is 13.1. The third-order valence-electron chi connectivity index (χ3n) is 3.84. The number of benzene rings is 2. The van der Waals surface area contributed by atoms with Crippen LogP contribution in [0.1, 0.15) is 27.9 Å². The molecule has 3 rings (SSSR count). The molecule has 0 saturated heterocycles. The lowest BCUT2D eigenvalue weighted by Gasteiger charge is -2.20. The number of methoxy groups -OCH3 is 1. The summed E-state index contributed by atoms with van der Waals surface area (Å²) in [5, 5.41) is 6.34. The fraction of sp³-hybridized carbons (Fsp3) is 0.278. The standard InChI is InChI=1S/C18H20N2O2/c1-22-12-13-5-2-6-14(11-13)20-18(21)16-7-3-9-17-15(16)8-4-10-19-17/h2-3,5-7,9,11,19H,4,8,10,12H2,1H3,(H,20,21).